The summed E-state index contributed by atoms with van der Waals surface area (Å²) in [4.78, 5) is 18.2. The quantitative estimate of drug-likeness (QED) is 0.811. The zero-order chi connectivity index (χ0) is 14.4. The summed E-state index contributed by atoms with van der Waals surface area (Å²) in [6.07, 6.45) is 0. The molecule has 1 fully saturated rings. The summed E-state index contributed by atoms with van der Waals surface area (Å²) in [5.74, 6) is 0.0927. The third kappa shape index (κ3) is 4.02. The van der Waals surface area contributed by atoms with E-state index >= 15 is 0 Å². The van der Waals surface area contributed by atoms with Gasteiger partial charge < -0.3 is 4.90 Å². The van der Waals surface area contributed by atoms with E-state index in [2.05, 4.69) is 9.80 Å². The topological polar surface area (TPSA) is 26.8 Å². The van der Waals surface area contributed by atoms with E-state index in [4.69, 9.17) is 0 Å². The maximum Gasteiger partial charge on any atom is 0.240 e. The Hall–Kier alpha value is -1.46. The van der Waals surface area contributed by atoms with Crippen LogP contribution in [0.5, 0.6) is 0 Å². The summed E-state index contributed by atoms with van der Waals surface area (Å²) < 4.78 is 12.3. The molecule has 0 atom stereocenters. The van der Waals surface area contributed by atoms with Gasteiger partial charge in [0.15, 0.2) is 0 Å². The number of anilines is 1. The molecule has 20 heavy (non-hydrogen) atoms. The summed E-state index contributed by atoms with van der Waals surface area (Å²) in [6.45, 7) is 3.97. The number of para-hydroxylation sites is 1. The van der Waals surface area contributed by atoms with E-state index in [1.165, 1.54) is 0 Å². The minimum Gasteiger partial charge on any atom is -0.314 e. The molecule has 4 nitrogen and oxygen atoms in total. The van der Waals surface area contributed by atoms with Gasteiger partial charge in [-0.15, -0.1) is 0 Å². The normalized spacial score (nSPS) is 17.1. The number of rotatable bonds is 5. The highest BCUT2D eigenvalue weighted by molar-refractivity contribution is 5.94. The van der Waals surface area contributed by atoms with Crippen LogP contribution in [0.3, 0.4) is 0 Å². The van der Waals surface area contributed by atoms with Crippen LogP contribution < -0.4 is 4.90 Å². The van der Waals surface area contributed by atoms with Gasteiger partial charge >= 0.3 is 0 Å². The Balaban J connectivity index is 1.81. The van der Waals surface area contributed by atoms with E-state index in [9.17, 15) is 9.18 Å². The number of hydrogen-bond acceptors (Lipinski definition) is 3. The molecule has 0 aliphatic carbocycles. The maximum absolute atomic E-state index is 12.3. The molecule has 0 bridgehead atoms. The van der Waals surface area contributed by atoms with Crippen LogP contribution in [0.25, 0.3) is 0 Å². The van der Waals surface area contributed by atoms with Crippen LogP contribution in [0.4, 0.5) is 10.1 Å². The fraction of sp³-hybridized carbons (Fsp3) is 0.533. The number of hydrogen-bond donors (Lipinski definition) is 0. The minimum atomic E-state index is -0.296. The molecule has 2 rings (SSSR count). The van der Waals surface area contributed by atoms with Gasteiger partial charge in [-0.05, 0) is 12.1 Å². The molecule has 0 N–H and O–H groups in total. The lowest BCUT2D eigenvalue weighted by atomic mass is 10.2. The maximum atomic E-state index is 12.3. The fourth-order valence-electron chi connectivity index (χ4n) is 2.38. The van der Waals surface area contributed by atoms with Crippen LogP contribution in [0.1, 0.15) is 0 Å². The smallest absolute Gasteiger partial charge is 0.240 e. The number of amides is 1. The van der Waals surface area contributed by atoms with Crippen molar-refractivity contribution in [3.05, 3.63) is 30.3 Å². The molecule has 1 aliphatic heterocycles. The summed E-state index contributed by atoms with van der Waals surface area (Å²) in [5.41, 5.74) is 0.911. The van der Waals surface area contributed by atoms with E-state index in [1.54, 1.807) is 11.9 Å². The highest BCUT2D eigenvalue weighted by Gasteiger charge is 2.20. The number of benzene rings is 1. The largest absolute Gasteiger partial charge is 0.314 e. The zero-order valence-corrected chi connectivity index (χ0v) is 12.0. The van der Waals surface area contributed by atoms with E-state index in [1.807, 2.05) is 30.3 Å². The van der Waals surface area contributed by atoms with Crippen LogP contribution in [0.15, 0.2) is 30.3 Å². The van der Waals surface area contributed by atoms with Gasteiger partial charge in [0.25, 0.3) is 0 Å². The van der Waals surface area contributed by atoms with Crippen molar-refractivity contribution in [2.75, 3.05) is 57.9 Å². The third-order valence-electron chi connectivity index (χ3n) is 3.74. The number of likely N-dealkylation sites (N-methyl/N-ethyl adjacent to an activating group) is 1. The molecule has 0 saturated carbocycles. The first-order chi connectivity index (χ1) is 9.70. The lowest BCUT2D eigenvalue weighted by Crippen LogP contribution is -2.50. The second-order valence-electron chi connectivity index (χ2n) is 5.10. The van der Waals surface area contributed by atoms with Crippen LogP contribution in [0.2, 0.25) is 0 Å². The van der Waals surface area contributed by atoms with Crippen molar-refractivity contribution < 1.29 is 9.18 Å². The molecule has 1 aromatic rings. The van der Waals surface area contributed by atoms with E-state index in [0.717, 1.165) is 31.9 Å². The molecule has 0 unspecified atom stereocenters. The summed E-state index contributed by atoms with van der Waals surface area (Å²) in [6, 6.07) is 9.64. The SMILES string of the molecule is CN(C(=O)CN1CCN(CCF)CC1)c1ccccc1. The van der Waals surface area contributed by atoms with Crippen molar-refractivity contribution in [1.29, 1.82) is 0 Å². The third-order valence-corrected chi connectivity index (χ3v) is 3.74. The van der Waals surface area contributed by atoms with Crippen molar-refractivity contribution in [3.8, 4) is 0 Å². The molecule has 0 aromatic heterocycles. The summed E-state index contributed by atoms with van der Waals surface area (Å²) in [5, 5.41) is 0. The lowest BCUT2D eigenvalue weighted by molar-refractivity contribution is -0.119. The van der Waals surface area contributed by atoms with Gasteiger partial charge in [-0.25, -0.2) is 4.39 Å². The molecule has 5 heteroatoms. The van der Waals surface area contributed by atoms with Gasteiger partial charge in [0.1, 0.15) is 6.67 Å². The Labute approximate surface area is 119 Å². The van der Waals surface area contributed by atoms with Gasteiger partial charge in [0.2, 0.25) is 5.91 Å². The van der Waals surface area contributed by atoms with Crippen molar-refractivity contribution >= 4 is 11.6 Å². The fourth-order valence-corrected chi connectivity index (χ4v) is 2.38. The van der Waals surface area contributed by atoms with Gasteiger partial charge in [0, 0.05) is 45.5 Å². The monoisotopic (exact) mass is 279 g/mol. The summed E-state index contributed by atoms with van der Waals surface area (Å²) >= 11 is 0. The Morgan fingerprint density at radius 2 is 1.75 bits per heavy atom. The summed E-state index contributed by atoms with van der Waals surface area (Å²) in [7, 11) is 1.80. The molecule has 1 aliphatic rings. The Morgan fingerprint density at radius 1 is 1.15 bits per heavy atom. The second kappa shape index (κ2) is 7.36. The Morgan fingerprint density at radius 3 is 2.35 bits per heavy atom. The molecule has 1 heterocycles. The first-order valence-electron chi connectivity index (χ1n) is 7.03. The predicted molar refractivity (Wildman–Crippen MR) is 78.7 cm³/mol. The number of halogens is 1. The first-order valence-corrected chi connectivity index (χ1v) is 7.03. The van der Waals surface area contributed by atoms with Crippen molar-refractivity contribution in [2.24, 2.45) is 0 Å². The highest BCUT2D eigenvalue weighted by Crippen LogP contribution is 2.12. The van der Waals surface area contributed by atoms with Crippen molar-refractivity contribution in [1.82, 2.24) is 9.80 Å². The first kappa shape index (κ1) is 14.9. The molecule has 1 aromatic carbocycles. The van der Waals surface area contributed by atoms with E-state index < -0.39 is 0 Å². The van der Waals surface area contributed by atoms with Crippen molar-refractivity contribution in [2.45, 2.75) is 0 Å². The minimum absolute atomic E-state index is 0.0927. The Bertz CT molecular complexity index is 418. The van der Waals surface area contributed by atoms with E-state index in [0.29, 0.717) is 13.1 Å². The predicted octanol–water partition coefficient (Wildman–Crippen LogP) is 1.24. The van der Waals surface area contributed by atoms with Crippen LogP contribution in [-0.4, -0.2) is 68.7 Å². The zero-order valence-electron chi connectivity index (χ0n) is 12.0. The Kier molecular flexibility index (Phi) is 5.49. The van der Waals surface area contributed by atoms with Gasteiger partial charge in [-0.3, -0.25) is 14.6 Å². The van der Waals surface area contributed by atoms with Crippen LogP contribution in [-0.2, 0) is 4.79 Å². The van der Waals surface area contributed by atoms with Gasteiger partial charge in [0.05, 0.1) is 6.54 Å². The van der Waals surface area contributed by atoms with Crippen molar-refractivity contribution in [3.63, 3.8) is 0 Å². The molecule has 1 saturated heterocycles. The number of alkyl halides is 1. The lowest BCUT2D eigenvalue weighted by Gasteiger charge is -2.34. The second-order valence-corrected chi connectivity index (χ2v) is 5.10. The van der Waals surface area contributed by atoms with Gasteiger partial charge in [-0.2, -0.15) is 0 Å². The number of carbonyl (C=O) groups is 1. The average Bonchev–Trinajstić information content (AvgIpc) is 2.49. The number of carbonyl (C=O) groups excluding carboxylic acids is 1. The molecule has 0 spiro atoms. The van der Waals surface area contributed by atoms with Crippen LogP contribution in [0, 0.1) is 0 Å². The molecule has 110 valence electrons. The highest BCUT2D eigenvalue weighted by atomic mass is 19.1. The molecular formula is C15H22FN3O. The average molecular weight is 279 g/mol. The number of nitrogens with zero attached hydrogens (tertiary/aromatic N) is 3. The van der Waals surface area contributed by atoms with Crippen LogP contribution >= 0.6 is 0 Å². The standard InChI is InChI=1S/C15H22FN3O/c1-17(14-5-3-2-4-6-14)15(20)13-19-11-9-18(8-7-16)10-12-19/h2-6H,7-13H2,1H3. The van der Waals surface area contributed by atoms with Gasteiger partial charge in [-0.1, -0.05) is 18.2 Å². The molecule has 0 radical (unpaired) electrons. The molecular weight excluding hydrogens is 257 g/mol. The number of piperazine rings is 1. The van der Waals surface area contributed by atoms with E-state index in [-0.39, 0.29) is 12.6 Å². The molecule has 1 amide bonds.